The molecule has 3 nitrogen and oxygen atoms in total. The van der Waals surface area contributed by atoms with Crippen molar-refractivity contribution in [2.45, 2.75) is 37.0 Å². The van der Waals surface area contributed by atoms with Crippen LogP contribution < -0.4 is 11.1 Å². The van der Waals surface area contributed by atoms with Gasteiger partial charge in [-0.3, -0.25) is 4.79 Å². The van der Waals surface area contributed by atoms with Crippen molar-refractivity contribution in [1.29, 1.82) is 0 Å². The minimum Gasteiger partial charge on any atom is -0.324 e. The molecule has 0 heterocycles. The van der Waals surface area contributed by atoms with Gasteiger partial charge in [0.2, 0.25) is 5.91 Å². The second kappa shape index (κ2) is 6.28. The van der Waals surface area contributed by atoms with Crippen molar-refractivity contribution < 1.29 is 4.79 Å². The smallest absolute Gasteiger partial charge is 0.241 e. The standard InChI is InChI=1S/C12H17ClN2OS/c1-7(2)17-11-9(13)5-4-6-10(11)15-12(16)8(3)14/h4-8H,14H2,1-3H3,(H,15,16)/t8-/m0/s1. The van der Waals surface area contributed by atoms with Gasteiger partial charge >= 0.3 is 0 Å². The molecule has 5 heteroatoms. The average Bonchev–Trinajstić information content (AvgIpc) is 2.22. The van der Waals surface area contributed by atoms with Crippen molar-refractivity contribution in [3.63, 3.8) is 0 Å². The Kier molecular flexibility index (Phi) is 5.31. The summed E-state index contributed by atoms with van der Waals surface area (Å²) in [6.45, 7) is 5.80. The van der Waals surface area contributed by atoms with Crippen LogP contribution in [0.4, 0.5) is 5.69 Å². The van der Waals surface area contributed by atoms with Crippen molar-refractivity contribution in [2.24, 2.45) is 5.73 Å². The Morgan fingerprint density at radius 1 is 1.41 bits per heavy atom. The number of nitrogens with two attached hydrogens (primary N) is 1. The van der Waals surface area contributed by atoms with E-state index in [-0.39, 0.29) is 5.91 Å². The van der Waals surface area contributed by atoms with Crippen molar-refractivity contribution in [2.75, 3.05) is 5.32 Å². The van der Waals surface area contributed by atoms with E-state index in [2.05, 4.69) is 19.2 Å². The van der Waals surface area contributed by atoms with Crippen molar-refractivity contribution >= 4 is 35.0 Å². The molecule has 3 N–H and O–H groups in total. The van der Waals surface area contributed by atoms with Crippen LogP contribution >= 0.6 is 23.4 Å². The summed E-state index contributed by atoms with van der Waals surface area (Å²) in [4.78, 5) is 12.5. The summed E-state index contributed by atoms with van der Waals surface area (Å²) in [5.74, 6) is -0.210. The first-order valence-corrected chi connectivity index (χ1v) is 6.69. The predicted molar refractivity (Wildman–Crippen MR) is 74.7 cm³/mol. The average molecular weight is 273 g/mol. The zero-order chi connectivity index (χ0) is 13.0. The van der Waals surface area contributed by atoms with Crippen LogP contribution in [0.3, 0.4) is 0 Å². The number of anilines is 1. The van der Waals surface area contributed by atoms with E-state index in [4.69, 9.17) is 17.3 Å². The number of rotatable bonds is 4. The summed E-state index contributed by atoms with van der Waals surface area (Å²) in [5.41, 5.74) is 6.24. The second-order valence-electron chi connectivity index (χ2n) is 4.06. The third kappa shape index (κ3) is 4.22. The molecule has 94 valence electrons. The molecule has 0 unspecified atom stereocenters. The first-order valence-electron chi connectivity index (χ1n) is 5.43. The van der Waals surface area contributed by atoms with Crippen LogP contribution in [0, 0.1) is 0 Å². The monoisotopic (exact) mass is 272 g/mol. The number of carbonyl (C=O) groups is 1. The van der Waals surface area contributed by atoms with Crippen molar-refractivity contribution in [1.82, 2.24) is 0 Å². The molecule has 0 bridgehead atoms. The van der Waals surface area contributed by atoms with Gasteiger partial charge in [0.1, 0.15) is 0 Å². The Hall–Kier alpha value is -0.710. The van der Waals surface area contributed by atoms with E-state index in [1.165, 1.54) is 0 Å². The molecule has 1 atom stereocenters. The molecule has 0 aliphatic rings. The van der Waals surface area contributed by atoms with E-state index in [9.17, 15) is 4.79 Å². The van der Waals surface area contributed by atoms with E-state index < -0.39 is 6.04 Å². The van der Waals surface area contributed by atoms with Gasteiger partial charge in [0.05, 0.1) is 16.8 Å². The lowest BCUT2D eigenvalue weighted by Gasteiger charge is -2.15. The summed E-state index contributed by atoms with van der Waals surface area (Å²) < 4.78 is 0. The maximum absolute atomic E-state index is 11.6. The lowest BCUT2D eigenvalue weighted by Crippen LogP contribution is -2.32. The Balaban J connectivity index is 2.98. The molecule has 0 saturated carbocycles. The van der Waals surface area contributed by atoms with Gasteiger partial charge in [-0.15, -0.1) is 11.8 Å². The summed E-state index contributed by atoms with van der Waals surface area (Å²) in [5, 5.41) is 3.82. The van der Waals surface area contributed by atoms with Gasteiger partial charge in [-0.2, -0.15) is 0 Å². The zero-order valence-corrected chi connectivity index (χ0v) is 11.7. The molecule has 17 heavy (non-hydrogen) atoms. The Bertz CT molecular complexity index is 407. The maximum Gasteiger partial charge on any atom is 0.241 e. The van der Waals surface area contributed by atoms with Crippen LogP contribution in [0.2, 0.25) is 5.02 Å². The van der Waals surface area contributed by atoms with Crippen LogP contribution in [0.25, 0.3) is 0 Å². The fourth-order valence-corrected chi connectivity index (χ4v) is 2.42. The van der Waals surface area contributed by atoms with Gasteiger partial charge in [0.25, 0.3) is 0 Å². The highest BCUT2D eigenvalue weighted by atomic mass is 35.5. The fourth-order valence-electron chi connectivity index (χ4n) is 1.21. The molecule has 0 fully saturated rings. The lowest BCUT2D eigenvalue weighted by atomic mass is 10.3. The second-order valence-corrected chi connectivity index (χ2v) is 6.06. The summed E-state index contributed by atoms with van der Waals surface area (Å²) in [6, 6.07) is 4.92. The number of nitrogens with one attached hydrogen (secondary N) is 1. The quantitative estimate of drug-likeness (QED) is 0.828. The number of carbonyl (C=O) groups excluding carboxylic acids is 1. The van der Waals surface area contributed by atoms with Gasteiger partial charge < -0.3 is 11.1 Å². The number of hydrogen-bond acceptors (Lipinski definition) is 3. The zero-order valence-electron chi connectivity index (χ0n) is 10.2. The first kappa shape index (κ1) is 14.4. The van der Waals surface area contributed by atoms with Crippen LogP contribution in [-0.2, 0) is 4.79 Å². The van der Waals surface area contributed by atoms with Crippen molar-refractivity contribution in [3.8, 4) is 0 Å². The maximum atomic E-state index is 11.6. The molecule has 0 saturated heterocycles. The molecular formula is C12H17ClN2OS. The molecule has 0 radical (unpaired) electrons. The van der Waals surface area contributed by atoms with Gasteiger partial charge in [0, 0.05) is 10.1 Å². The molecule has 0 spiro atoms. The third-order valence-electron chi connectivity index (χ3n) is 1.99. The van der Waals surface area contributed by atoms with Gasteiger partial charge in [0.15, 0.2) is 0 Å². The molecule has 1 rings (SSSR count). The SMILES string of the molecule is CC(C)Sc1c(Cl)cccc1NC(=O)[C@H](C)N. The highest BCUT2D eigenvalue weighted by Crippen LogP contribution is 2.36. The topological polar surface area (TPSA) is 55.1 Å². The normalized spacial score (nSPS) is 12.6. The van der Waals surface area contributed by atoms with E-state index in [1.54, 1.807) is 18.7 Å². The molecule has 0 aliphatic carbocycles. The summed E-state index contributed by atoms with van der Waals surface area (Å²) >= 11 is 7.75. The number of benzene rings is 1. The fraction of sp³-hybridized carbons (Fsp3) is 0.417. The molecule has 0 aliphatic heterocycles. The highest BCUT2D eigenvalue weighted by Gasteiger charge is 2.13. The number of hydrogen-bond donors (Lipinski definition) is 2. The van der Waals surface area contributed by atoms with Gasteiger partial charge in [-0.25, -0.2) is 0 Å². The Labute approximate surface area is 111 Å². The van der Waals surface area contributed by atoms with Crippen molar-refractivity contribution in [3.05, 3.63) is 23.2 Å². The minimum atomic E-state index is -0.536. The summed E-state index contributed by atoms with van der Waals surface area (Å²) in [7, 11) is 0. The van der Waals surface area contributed by atoms with Crippen LogP contribution in [0.1, 0.15) is 20.8 Å². The first-order chi connectivity index (χ1) is 7.91. The Morgan fingerprint density at radius 3 is 2.59 bits per heavy atom. The molecule has 0 aromatic heterocycles. The van der Waals surface area contributed by atoms with Gasteiger partial charge in [-0.05, 0) is 19.1 Å². The van der Waals surface area contributed by atoms with E-state index >= 15 is 0 Å². The minimum absolute atomic E-state index is 0.210. The predicted octanol–water partition coefficient (Wildman–Crippen LogP) is 3.13. The third-order valence-corrected chi connectivity index (χ3v) is 3.57. The highest BCUT2D eigenvalue weighted by molar-refractivity contribution is 8.00. The number of halogens is 1. The molecule has 1 aromatic rings. The van der Waals surface area contributed by atoms with E-state index in [0.717, 1.165) is 10.6 Å². The van der Waals surface area contributed by atoms with E-state index in [1.807, 2.05) is 18.2 Å². The van der Waals surface area contributed by atoms with Gasteiger partial charge in [-0.1, -0.05) is 31.5 Å². The van der Waals surface area contributed by atoms with E-state index in [0.29, 0.717) is 10.3 Å². The molecular weight excluding hydrogens is 256 g/mol. The van der Waals surface area contributed by atoms with Crippen LogP contribution in [0.15, 0.2) is 23.1 Å². The van der Waals surface area contributed by atoms with Crippen LogP contribution in [0.5, 0.6) is 0 Å². The van der Waals surface area contributed by atoms with Crippen LogP contribution in [-0.4, -0.2) is 17.2 Å². The molecule has 1 amide bonds. The summed E-state index contributed by atoms with van der Waals surface area (Å²) in [6.07, 6.45) is 0. The lowest BCUT2D eigenvalue weighted by molar-refractivity contribution is -0.117. The molecule has 1 aromatic carbocycles. The number of thioether (sulfide) groups is 1. The Morgan fingerprint density at radius 2 is 2.06 bits per heavy atom. The number of amides is 1. The largest absolute Gasteiger partial charge is 0.324 e.